The first-order valence-electron chi connectivity index (χ1n) is 7.57. The number of hydrogen-bond acceptors (Lipinski definition) is 5. The Morgan fingerprint density at radius 3 is 2.56 bits per heavy atom. The van der Waals surface area contributed by atoms with E-state index in [2.05, 4.69) is 36.1 Å². The number of anilines is 1. The fourth-order valence-corrected chi connectivity index (χ4v) is 1.97. The molecule has 1 aromatic carbocycles. The average molecular weight is 460 g/mol. The van der Waals surface area contributed by atoms with Crippen LogP contribution < -0.4 is 20.5 Å². The summed E-state index contributed by atoms with van der Waals surface area (Å²) in [5, 5.41) is 3.00. The number of methoxy groups -OCH3 is 2. The molecule has 2 aromatic rings. The van der Waals surface area contributed by atoms with Gasteiger partial charge in [0.15, 0.2) is 5.96 Å². The standard InChI is InChI=1S/C17H24N4O3.HI/c1-17(2,3)14-9-19-15(24-14)10-20-16(18)21-12-8-11(22-4)6-7-13(12)23-5;/h6-9H,10H2,1-5H3,(H3,18,20,21);1H. The largest absolute Gasteiger partial charge is 0.497 e. The summed E-state index contributed by atoms with van der Waals surface area (Å²) in [5.74, 6) is 2.89. The molecule has 0 fully saturated rings. The van der Waals surface area contributed by atoms with Crippen LogP contribution in [0.5, 0.6) is 11.5 Å². The van der Waals surface area contributed by atoms with Crippen molar-refractivity contribution in [2.75, 3.05) is 19.5 Å². The minimum absolute atomic E-state index is 0. The molecule has 8 heteroatoms. The van der Waals surface area contributed by atoms with Gasteiger partial charge in [-0.1, -0.05) is 20.8 Å². The highest BCUT2D eigenvalue weighted by Gasteiger charge is 2.19. The second-order valence-corrected chi connectivity index (χ2v) is 6.26. The molecule has 1 aromatic heterocycles. The van der Waals surface area contributed by atoms with Crippen molar-refractivity contribution < 1.29 is 13.9 Å². The van der Waals surface area contributed by atoms with E-state index < -0.39 is 0 Å². The number of benzene rings is 1. The molecule has 138 valence electrons. The summed E-state index contributed by atoms with van der Waals surface area (Å²) < 4.78 is 16.2. The molecule has 0 unspecified atom stereocenters. The van der Waals surface area contributed by atoms with Crippen LogP contribution in [0.2, 0.25) is 0 Å². The third-order valence-electron chi connectivity index (χ3n) is 3.35. The lowest BCUT2D eigenvalue weighted by atomic mass is 9.94. The highest BCUT2D eigenvalue weighted by molar-refractivity contribution is 14.0. The first-order chi connectivity index (χ1) is 11.3. The molecule has 0 atom stereocenters. The van der Waals surface area contributed by atoms with E-state index in [9.17, 15) is 0 Å². The topological polar surface area (TPSA) is 94.9 Å². The number of rotatable bonds is 5. The Morgan fingerprint density at radius 1 is 1.28 bits per heavy atom. The maximum Gasteiger partial charge on any atom is 0.216 e. The van der Waals surface area contributed by atoms with E-state index in [1.54, 1.807) is 38.6 Å². The molecular formula is C17H25IN4O3. The van der Waals surface area contributed by atoms with Gasteiger partial charge in [-0.25, -0.2) is 9.98 Å². The van der Waals surface area contributed by atoms with Crippen molar-refractivity contribution in [3.8, 4) is 11.5 Å². The zero-order valence-electron chi connectivity index (χ0n) is 15.1. The normalized spacial score (nSPS) is 11.6. The molecule has 2 rings (SSSR count). The molecule has 1 heterocycles. The van der Waals surface area contributed by atoms with Gasteiger partial charge in [0.2, 0.25) is 5.89 Å². The number of nitrogens with one attached hydrogen (secondary N) is 1. The molecule has 0 radical (unpaired) electrons. The van der Waals surface area contributed by atoms with Crippen molar-refractivity contribution >= 4 is 35.6 Å². The Balaban J connectivity index is 0.00000312. The van der Waals surface area contributed by atoms with Crippen molar-refractivity contribution in [2.45, 2.75) is 32.7 Å². The number of nitrogens with zero attached hydrogens (tertiary/aromatic N) is 2. The number of aliphatic imine (C=N–C) groups is 1. The third kappa shape index (κ3) is 5.80. The van der Waals surface area contributed by atoms with Gasteiger partial charge in [0, 0.05) is 11.5 Å². The zero-order chi connectivity index (χ0) is 17.7. The van der Waals surface area contributed by atoms with Gasteiger partial charge < -0.3 is 24.9 Å². The third-order valence-corrected chi connectivity index (χ3v) is 3.35. The number of aromatic nitrogens is 1. The second-order valence-electron chi connectivity index (χ2n) is 6.26. The van der Waals surface area contributed by atoms with E-state index in [0.717, 1.165) is 5.76 Å². The van der Waals surface area contributed by atoms with Gasteiger partial charge in [-0.3, -0.25) is 0 Å². The maximum absolute atomic E-state index is 5.93. The van der Waals surface area contributed by atoms with E-state index in [4.69, 9.17) is 19.6 Å². The molecule has 3 N–H and O–H groups in total. The maximum atomic E-state index is 5.93. The fraction of sp³-hybridized carbons (Fsp3) is 0.412. The van der Waals surface area contributed by atoms with Crippen LogP contribution in [0.1, 0.15) is 32.4 Å². The molecule has 0 saturated carbocycles. The summed E-state index contributed by atoms with van der Waals surface area (Å²) >= 11 is 0. The molecule has 0 aliphatic rings. The molecule has 0 aliphatic carbocycles. The van der Waals surface area contributed by atoms with Crippen LogP contribution in [-0.2, 0) is 12.0 Å². The Bertz CT molecular complexity index is 723. The van der Waals surface area contributed by atoms with Crippen LogP contribution in [-0.4, -0.2) is 25.2 Å². The van der Waals surface area contributed by atoms with Gasteiger partial charge in [-0.2, -0.15) is 0 Å². The molecule has 0 saturated heterocycles. The van der Waals surface area contributed by atoms with Gasteiger partial charge in [0.1, 0.15) is 23.8 Å². The summed E-state index contributed by atoms with van der Waals surface area (Å²) in [6.45, 7) is 6.43. The van der Waals surface area contributed by atoms with Crippen LogP contribution in [0.3, 0.4) is 0 Å². The summed E-state index contributed by atoms with van der Waals surface area (Å²) in [6.07, 6.45) is 1.72. The molecule has 25 heavy (non-hydrogen) atoms. The number of oxazole rings is 1. The first-order valence-corrected chi connectivity index (χ1v) is 7.57. The Kier molecular flexibility index (Phi) is 7.53. The van der Waals surface area contributed by atoms with Gasteiger partial charge in [0.25, 0.3) is 0 Å². The lowest BCUT2D eigenvalue weighted by molar-refractivity contribution is 0.383. The molecule has 7 nitrogen and oxygen atoms in total. The quantitative estimate of drug-likeness (QED) is 0.403. The molecule has 0 bridgehead atoms. The predicted octanol–water partition coefficient (Wildman–Crippen LogP) is 3.53. The summed E-state index contributed by atoms with van der Waals surface area (Å²) in [4.78, 5) is 8.47. The molecular weight excluding hydrogens is 435 g/mol. The Morgan fingerprint density at radius 2 is 2.00 bits per heavy atom. The van der Waals surface area contributed by atoms with Crippen molar-refractivity contribution in [2.24, 2.45) is 10.7 Å². The van der Waals surface area contributed by atoms with Gasteiger partial charge in [0.05, 0.1) is 26.1 Å². The second kappa shape index (κ2) is 8.93. The summed E-state index contributed by atoms with van der Waals surface area (Å²) in [6, 6.07) is 5.38. The number of nitrogens with two attached hydrogens (primary N) is 1. The number of halogens is 1. The minimum atomic E-state index is -0.0906. The van der Waals surface area contributed by atoms with E-state index in [0.29, 0.717) is 23.1 Å². The van der Waals surface area contributed by atoms with Crippen molar-refractivity contribution in [1.82, 2.24) is 4.98 Å². The van der Waals surface area contributed by atoms with Crippen molar-refractivity contribution in [3.05, 3.63) is 36.0 Å². The highest BCUT2D eigenvalue weighted by atomic mass is 127. The smallest absolute Gasteiger partial charge is 0.216 e. The SMILES string of the molecule is COc1ccc(OC)c(NC(N)=NCc2ncc(C(C)(C)C)o2)c1.I. The number of ether oxygens (including phenoxy) is 2. The monoisotopic (exact) mass is 460 g/mol. The summed E-state index contributed by atoms with van der Waals surface area (Å²) in [7, 11) is 3.18. The molecule has 0 aliphatic heterocycles. The van der Waals surface area contributed by atoms with E-state index in [1.165, 1.54) is 0 Å². The average Bonchev–Trinajstić information content (AvgIpc) is 3.02. The van der Waals surface area contributed by atoms with Crippen LogP contribution >= 0.6 is 24.0 Å². The van der Waals surface area contributed by atoms with Crippen molar-refractivity contribution in [3.63, 3.8) is 0 Å². The molecule has 0 spiro atoms. The van der Waals surface area contributed by atoms with Crippen molar-refractivity contribution in [1.29, 1.82) is 0 Å². The Hall–Kier alpha value is -1.97. The highest BCUT2D eigenvalue weighted by Crippen LogP contribution is 2.28. The van der Waals surface area contributed by atoms with Gasteiger partial charge in [-0.15, -0.1) is 24.0 Å². The van der Waals surface area contributed by atoms with Crippen LogP contribution in [0.15, 0.2) is 33.8 Å². The molecule has 0 amide bonds. The first kappa shape index (κ1) is 21.1. The lowest BCUT2D eigenvalue weighted by Gasteiger charge is -2.13. The number of hydrogen-bond donors (Lipinski definition) is 2. The van der Waals surface area contributed by atoms with Crippen LogP contribution in [0.25, 0.3) is 0 Å². The van der Waals surface area contributed by atoms with Crippen LogP contribution in [0.4, 0.5) is 5.69 Å². The van der Waals surface area contributed by atoms with E-state index >= 15 is 0 Å². The fourth-order valence-electron chi connectivity index (χ4n) is 1.97. The Labute approximate surface area is 165 Å². The van der Waals surface area contributed by atoms with E-state index in [-0.39, 0.29) is 41.9 Å². The van der Waals surface area contributed by atoms with E-state index in [1.807, 2.05) is 0 Å². The minimum Gasteiger partial charge on any atom is -0.497 e. The number of guanidine groups is 1. The van der Waals surface area contributed by atoms with Gasteiger partial charge >= 0.3 is 0 Å². The predicted molar refractivity (Wildman–Crippen MR) is 109 cm³/mol. The summed E-state index contributed by atoms with van der Waals surface area (Å²) in [5.41, 5.74) is 6.51. The van der Waals surface area contributed by atoms with Crippen LogP contribution in [0, 0.1) is 0 Å². The zero-order valence-corrected chi connectivity index (χ0v) is 17.5. The lowest BCUT2D eigenvalue weighted by Crippen LogP contribution is -2.23. The van der Waals surface area contributed by atoms with Gasteiger partial charge in [-0.05, 0) is 12.1 Å².